The zero-order valence-electron chi connectivity index (χ0n) is 15.6. The van der Waals surface area contributed by atoms with Gasteiger partial charge in [0.1, 0.15) is 0 Å². The van der Waals surface area contributed by atoms with E-state index in [1.165, 1.54) is 39.2 Å². The molecule has 0 aromatic heterocycles. The minimum Gasteiger partial charge on any atom is -0.465 e. The number of likely N-dealkylation sites (N-methyl/N-ethyl adjacent to an activating group) is 1. The van der Waals surface area contributed by atoms with Gasteiger partial charge >= 0.3 is 5.97 Å². The zero-order chi connectivity index (χ0) is 18.2. The van der Waals surface area contributed by atoms with Gasteiger partial charge in [0.2, 0.25) is 0 Å². The molecule has 0 aliphatic heterocycles. The van der Waals surface area contributed by atoms with Crippen LogP contribution in [0, 0.1) is 5.92 Å². The highest BCUT2D eigenvalue weighted by Gasteiger charge is 2.22. The topological polar surface area (TPSA) is 58.6 Å². The van der Waals surface area contributed by atoms with Gasteiger partial charge in [0, 0.05) is 18.2 Å². The van der Waals surface area contributed by atoms with E-state index in [9.17, 15) is 9.59 Å². The Hall–Kier alpha value is -1.88. The maximum atomic E-state index is 12.7. The van der Waals surface area contributed by atoms with E-state index in [0.717, 1.165) is 13.0 Å². The average Bonchev–Trinajstić information content (AvgIpc) is 2.61. The van der Waals surface area contributed by atoms with Crippen LogP contribution in [0.4, 0.5) is 0 Å². The van der Waals surface area contributed by atoms with Gasteiger partial charge in [-0.3, -0.25) is 4.79 Å². The second-order valence-electron chi connectivity index (χ2n) is 7.24. The van der Waals surface area contributed by atoms with E-state index in [1.54, 1.807) is 24.3 Å². The largest absolute Gasteiger partial charge is 0.465 e. The highest BCUT2D eigenvalue weighted by atomic mass is 16.5. The van der Waals surface area contributed by atoms with E-state index >= 15 is 0 Å². The van der Waals surface area contributed by atoms with Crippen molar-refractivity contribution in [2.75, 3.05) is 27.7 Å². The summed E-state index contributed by atoms with van der Waals surface area (Å²) in [6.45, 7) is 0.818. The summed E-state index contributed by atoms with van der Waals surface area (Å²) in [7, 11) is 5.39. The van der Waals surface area contributed by atoms with Crippen LogP contribution in [0.1, 0.15) is 59.2 Å². The molecule has 138 valence electrons. The second kappa shape index (κ2) is 9.56. The first-order valence-electron chi connectivity index (χ1n) is 9.13. The smallest absolute Gasteiger partial charge is 0.337 e. The number of rotatable bonds is 7. The molecule has 0 saturated heterocycles. The number of benzene rings is 1. The Bertz CT molecular complexity index is 580. The molecule has 0 radical (unpaired) electrons. The lowest BCUT2D eigenvalue weighted by Gasteiger charge is -2.29. The monoisotopic (exact) mass is 346 g/mol. The van der Waals surface area contributed by atoms with Crippen molar-refractivity contribution in [3.05, 3.63) is 35.4 Å². The summed E-state index contributed by atoms with van der Waals surface area (Å²) in [5.41, 5.74) is 0.891. The van der Waals surface area contributed by atoms with Crippen LogP contribution in [0.5, 0.6) is 0 Å². The number of ether oxygens (including phenoxy) is 1. The molecular formula is C20H30N2O3. The molecule has 1 N–H and O–H groups in total. The summed E-state index contributed by atoms with van der Waals surface area (Å²) in [5.74, 6) is 0.135. The molecule has 1 amide bonds. The summed E-state index contributed by atoms with van der Waals surface area (Å²) in [4.78, 5) is 26.4. The molecule has 0 heterocycles. The Balaban J connectivity index is 2.03. The highest BCUT2D eigenvalue weighted by Crippen LogP contribution is 2.27. The number of esters is 1. The maximum absolute atomic E-state index is 12.7. The first kappa shape index (κ1) is 19.4. The minimum absolute atomic E-state index is 0.118. The molecule has 1 aliphatic rings. The van der Waals surface area contributed by atoms with Crippen LogP contribution in [0.3, 0.4) is 0 Å². The predicted molar refractivity (Wildman–Crippen MR) is 98.8 cm³/mol. The normalized spacial score (nSPS) is 16.5. The van der Waals surface area contributed by atoms with Gasteiger partial charge in [-0.2, -0.15) is 0 Å². The molecule has 0 spiro atoms. The molecule has 1 aromatic rings. The predicted octanol–water partition coefficient (Wildman–Crippen LogP) is 3.10. The lowest BCUT2D eigenvalue weighted by molar-refractivity contribution is 0.0600. The molecule has 1 aliphatic carbocycles. The van der Waals surface area contributed by atoms with Crippen LogP contribution in [0.2, 0.25) is 0 Å². The first-order valence-corrected chi connectivity index (χ1v) is 9.13. The summed E-state index contributed by atoms with van der Waals surface area (Å²) in [5, 5.41) is 3.16. The SMILES string of the molecule is COC(=O)c1cccc(C(=O)N[C@@H](CC2CCCCC2)CN(C)C)c1. The summed E-state index contributed by atoms with van der Waals surface area (Å²) in [6, 6.07) is 6.81. The number of methoxy groups -OCH3 is 1. The van der Waals surface area contributed by atoms with Crippen LogP contribution in [-0.2, 0) is 4.74 Å². The third kappa shape index (κ3) is 6.16. The molecule has 1 fully saturated rings. The fourth-order valence-electron chi connectivity index (χ4n) is 3.62. The number of carbonyl (C=O) groups is 2. The molecule has 25 heavy (non-hydrogen) atoms. The van der Waals surface area contributed by atoms with Crippen molar-refractivity contribution in [1.29, 1.82) is 0 Å². The van der Waals surface area contributed by atoms with E-state index in [0.29, 0.717) is 17.0 Å². The van der Waals surface area contributed by atoms with Gasteiger partial charge in [-0.1, -0.05) is 38.2 Å². The van der Waals surface area contributed by atoms with Crippen molar-refractivity contribution in [3.8, 4) is 0 Å². The first-order chi connectivity index (χ1) is 12.0. The lowest BCUT2D eigenvalue weighted by Crippen LogP contribution is -2.43. The van der Waals surface area contributed by atoms with Crippen molar-refractivity contribution in [2.24, 2.45) is 5.92 Å². The van der Waals surface area contributed by atoms with Gasteiger partial charge in [-0.05, 0) is 44.6 Å². The Labute approximate surface area is 150 Å². The molecule has 1 aromatic carbocycles. The number of hydrogen-bond acceptors (Lipinski definition) is 4. The molecule has 1 atom stereocenters. The van der Waals surface area contributed by atoms with Crippen molar-refractivity contribution in [1.82, 2.24) is 10.2 Å². The third-order valence-corrected chi connectivity index (χ3v) is 4.81. The minimum atomic E-state index is -0.429. The van der Waals surface area contributed by atoms with Gasteiger partial charge < -0.3 is 15.0 Å². The zero-order valence-corrected chi connectivity index (χ0v) is 15.6. The second-order valence-corrected chi connectivity index (χ2v) is 7.24. The molecule has 2 rings (SSSR count). The van der Waals surface area contributed by atoms with Gasteiger partial charge in [-0.15, -0.1) is 0 Å². The molecule has 1 saturated carbocycles. The van der Waals surface area contributed by atoms with E-state index < -0.39 is 5.97 Å². The molecule has 0 unspecified atom stereocenters. The molecule has 5 nitrogen and oxygen atoms in total. The summed E-state index contributed by atoms with van der Waals surface area (Å²) < 4.78 is 4.73. The number of carbonyl (C=O) groups excluding carboxylic acids is 2. The molecule has 5 heteroatoms. The van der Waals surface area contributed by atoms with Gasteiger partial charge in [0.25, 0.3) is 5.91 Å². The fraction of sp³-hybridized carbons (Fsp3) is 0.600. The Morgan fingerprint density at radius 3 is 2.52 bits per heavy atom. The van der Waals surface area contributed by atoms with E-state index in [2.05, 4.69) is 10.2 Å². The highest BCUT2D eigenvalue weighted by molar-refractivity contribution is 5.98. The van der Waals surface area contributed by atoms with Gasteiger partial charge in [0.15, 0.2) is 0 Å². The number of nitrogens with zero attached hydrogens (tertiary/aromatic N) is 1. The van der Waals surface area contributed by atoms with Crippen molar-refractivity contribution in [2.45, 2.75) is 44.6 Å². The van der Waals surface area contributed by atoms with Crippen LogP contribution >= 0.6 is 0 Å². The fourth-order valence-corrected chi connectivity index (χ4v) is 3.62. The third-order valence-electron chi connectivity index (χ3n) is 4.81. The van der Waals surface area contributed by atoms with Crippen LogP contribution in [-0.4, -0.2) is 50.6 Å². The quantitative estimate of drug-likeness (QED) is 0.771. The van der Waals surface area contributed by atoms with Crippen molar-refractivity contribution < 1.29 is 14.3 Å². The number of amides is 1. The van der Waals surface area contributed by atoms with E-state index in [-0.39, 0.29) is 11.9 Å². The Morgan fingerprint density at radius 1 is 1.20 bits per heavy atom. The van der Waals surface area contributed by atoms with Crippen molar-refractivity contribution >= 4 is 11.9 Å². The van der Waals surface area contributed by atoms with Gasteiger partial charge in [0.05, 0.1) is 12.7 Å². The van der Waals surface area contributed by atoms with Crippen LogP contribution in [0.15, 0.2) is 24.3 Å². The summed E-state index contributed by atoms with van der Waals surface area (Å²) in [6.07, 6.45) is 7.47. The Kier molecular flexibility index (Phi) is 7.44. The average molecular weight is 346 g/mol. The Morgan fingerprint density at radius 2 is 1.88 bits per heavy atom. The molecular weight excluding hydrogens is 316 g/mol. The lowest BCUT2D eigenvalue weighted by atomic mass is 9.84. The number of nitrogens with one attached hydrogen (secondary N) is 1. The standard InChI is InChI=1S/C20H30N2O3/c1-22(2)14-18(12-15-8-5-4-6-9-15)21-19(23)16-10-7-11-17(13-16)20(24)25-3/h7,10-11,13,15,18H,4-6,8-9,12,14H2,1-3H3,(H,21,23)/t18-/m0/s1. The van der Waals surface area contributed by atoms with E-state index in [1.807, 2.05) is 14.1 Å². The van der Waals surface area contributed by atoms with Gasteiger partial charge in [-0.25, -0.2) is 4.79 Å². The van der Waals surface area contributed by atoms with Crippen LogP contribution < -0.4 is 5.32 Å². The number of hydrogen-bond donors (Lipinski definition) is 1. The molecule has 0 bridgehead atoms. The van der Waals surface area contributed by atoms with Crippen LogP contribution in [0.25, 0.3) is 0 Å². The maximum Gasteiger partial charge on any atom is 0.337 e. The summed E-state index contributed by atoms with van der Waals surface area (Å²) >= 11 is 0. The van der Waals surface area contributed by atoms with Crippen molar-refractivity contribution in [3.63, 3.8) is 0 Å². The van der Waals surface area contributed by atoms with E-state index in [4.69, 9.17) is 4.74 Å².